The summed E-state index contributed by atoms with van der Waals surface area (Å²) in [5.74, 6) is -1.20. The van der Waals surface area contributed by atoms with Crippen LogP contribution in [0.2, 0.25) is 0 Å². The number of fused-ring (bicyclic) bond motifs is 2. The Morgan fingerprint density at radius 3 is 2.96 bits per heavy atom. The Balaban J connectivity index is 1.55. The van der Waals surface area contributed by atoms with Crippen molar-refractivity contribution in [2.24, 2.45) is 0 Å². The van der Waals surface area contributed by atoms with E-state index in [4.69, 9.17) is 0 Å². The number of amides is 1. The average molecular weight is 362 g/mol. The van der Waals surface area contributed by atoms with Gasteiger partial charge in [-0.1, -0.05) is 18.2 Å². The molecule has 0 radical (unpaired) electrons. The van der Waals surface area contributed by atoms with Gasteiger partial charge >= 0.3 is 0 Å². The number of hydrogen-bond donors (Lipinski definition) is 3. The molecule has 0 spiro atoms. The second kappa shape index (κ2) is 6.60. The van der Waals surface area contributed by atoms with E-state index >= 15 is 0 Å². The molecule has 3 heterocycles. The van der Waals surface area contributed by atoms with E-state index in [0.717, 1.165) is 22.0 Å². The van der Waals surface area contributed by atoms with Crippen molar-refractivity contribution in [2.75, 3.05) is 6.54 Å². The Labute approximate surface area is 154 Å². The fourth-order valence-corrected chi connectivity index (χ4v) is 3.16. The first-order valence-corrected chi connectivity index (χ1v) is 8.60. The van der Waals surface area contributed by atoms with Crippen molar-refractivity contribution in [3.05, 3.63) is 75.8 Å². The summed E-state index contributed by atoms with van der Waals surface area (Å²) in [6.07, 6.45) is 4.04. The van der Waals surface area contributed by atoms with Gasteiger partial charge in [0.15, 0.2) is 5.56 Å². The molecule has 0 fully saturated rings. The number of rotatable bonds is 4. The third-order valence-electron chi connectivity index (χ3n) is 4.55. The Morgan fingerprint density at radius 2 is 2.11 bits per heavy atom. The van der Waals surface area contributed by atoms with E-state index in [2.05, 4.69) is 15.3 Å². The van der Waals surface area contributed by atoms with Gasteiger partial charge in [0.05, 0.1) is 0 Å². The molecule has 27 heavy (non-hydrogen) atoms. The van der Waals surface area contributed by atoms with Crippen molar-refractivity contribution in [2.45, 2.75) is 13.3 Å². The number of aryl methyl sites for hydroxylation is 1. The molecule has 0 bridgehead atoms. The van der Waals surface area contributed by atoms with Gasteiger partial charge in [0.25, 0.3) is 11.5 Å². The second-order valence-electron chi connectivity index (χ2n) is 6.41. The first-order valence-electron chi connectivity index (χ1n) is 8.60. The van der Waals surface area contributed by atoms with Gasteiger partial charge < -0.3 is 15.4 Å². The van der Waals surface area contributed by atoms with E-state index in [1.165, 1.54) is 4.40 Å². The molecule has 0 saturated carbocycles. The minimum absolute atomic E-state index is 0.299. The summed E-state index contributed by atoms with van der Waals surface area (Å²) in [6, 6.07) is 11.3. The number of benzene rings is 1. The zero-order chi connectivity index (χ0) is 19.0. The quantitative estimate of drug-likeness (QED) is 0.518. The maximum atomic E-state index is 12.6. The first kappa shape index (κ1) is 16.8. The Morgan fingerprint density at radius 1 is 1.30 bits per heavy atom. The third kappa shape index (κ3) is 3.03. The number of aromatic hydroxyl groups is 1. The van der Waals surface area contributed by atoms with E-state index in [1.807, 2.05) is 37.4 Å². The maximum absolute atomic E-state index is 12.6. The van der Waals surface area contributed by atoms with Crippen molar-refractivity contribution >= 4 is 22.5 Å². The van der Waals surface area contributed by atoms with Crippen molar-refractivity contribution in [1.82, 2.24) is 19.7 Å². The molecule has 4 rings (SSSR count). The molecule has 136 valence electrons. The smallest absolute Gasteiger partial charge is 0.274 e. The van der Waals surface area contributed by atoms with Crippen LogP contribution in [0.4, 0.5) is 0 Å². The first-order chi connectivity index (χ1) is 13.0. The number of carbonyl (C=O) groups is 1. The zero-order valence-corrected chi connectivity index (χ0v) is 14.7. The maximum Gasteiger partial charge on any atom is 0.274 e. The summed E-state index contributed by atoms with van der Waals surface area (Å²) >= 11 is 0. The molecule has 0 aliphatic rings. The second-order valence-corrected chi connectivity index (χ2v) is 6.41. The molecule has 7 heteroatoms. The number of hydrogen-bond acceptors (Lipinski definition) is 4. The van der Waals surface area contributed by atoms with Crippen LogP contribution in [0.3, 0.4) is 0 Å². The molecular weight excluding hydrogens is 344 g/mol. The van der Waals surface area contributed by atoms with E-state index in [0.29, 0.717) is 18.6 Å². The van der Waals surface area contributed by atoms with Gasteiger partial charge in [0.2, 0.25) is 5.88 Å². The van der Waals surface area contributed by atoms with Gasteiger partial charge in [-0.25, -0.2) is 0 Å². The minimum atomic E-state index is -0.639. The highest BCUT2D eigenvalue weighted by molar-refractivity contribution is 5.96. The highest BCUT2D eigenvalue weighted by atomic mass is 16.3. The van der Waals surface area contributed by atoms with Crippen molar-refractivity contribution in [3.8, 4) is 5.88 Å². The lowest BCUT2D eigenvalue weighted by Gasteiger charge is -2.08. The zero-order valence-electron chi connectivity index (χ0n) is 14.7. The number of nitrogens with zero attached hydrogens (tertiary/aromatic N) is 2. The lowest BCUT2D eigenvalue weighted by molar-refractivity contribution is 0.0949. The van der Waals surface area contributed by atoms with Crippen LogP contribution in [0.25, 0.3) is 16.6 Å². The van der Waals surface area contributed by atoms with Crippen molar-refractivity contribution in [3.63, 3.8) is 0 Å². The minimum Gasteiger partial charge on any atom is -0.493 e. The van der Waals surface area contributed by atoms with Gasteiger partial charge in [-0.3, -0.25) is 14.0 Å². The molecule has 0 unspecified atom stereocenters. The van der Waals surface area contributed by atoms with Crippen LogP contribution < -0.4 is 10.9 Å². The molecule has 0 aliphatic heterocycles. The van der Waals surface area contributed by atoms with Gasteiger partial charge in [-0.2, -0.15) is 4.98 Å². The van der Waals surface area contributed by atoms with E-state index in [-0.39, 0.29) is 5.56 Å². The number of nitrogens with one attached hydrogen (secondary N) is 2. The summed E-state index contributed by atoms with van der Waals surface area (Å²) in [7, 11) is 0. The highest BCUT2D eigenvalue weighted by Gasteiger charge is 2.19. The Hall–Kier alpha value is -3.61. The Kier molecular flexibility index (Phi) is 4.12. The van der Waals surface area contributed by atoms with Gasteiger partial charge in [0, 0.05) is 29.8 Å². The monoisotopic (exact) mass is 362 g/mol. The van der Waals surface area contributed by atoms with Crippen LogP contribution in [0.5, 0.6) is 5.88 Å². The number of para-hydroxylation sites is 1. The standard InChI is InChI=1S/C20H18N4O3/c1-12-7-9-24-16(10-12)23-19(26)17(20(24)27)18(25)21-8-6-13-11-22-15-5-3-2-4-14(13)15/h2-5,7,9-11,22,26H,6,8H2,1H3,(H,21,25). The fourth-order valence-electron chi connectivity index (χ4n) is 3.16. The van der Waals surface area contributed by atoms with Crippen molar-refractivity contribution in [1.29, 1.82) is 0 Å². The molecule has 7 nitrogen and oxygen atoms in total. The predicted octanol–water partition coefficient (Wildman–Crippen LogP) is 2.16. The number of carbonyl (C=O) groups excluding carboxylic acids is 1. The molecule has 0 saturated heterocycles. The lowest BCUT2D eigenvalue weighted by atomic mass is 10.1. The summed E-state index contributed by atoms with van der Waals surface area (Å²) in [4.78, 5) is 32.2. The number of aromatic nitrogens is 3. The van der Waals surface area contributed by atoms with Gasteiger partial charge in [0.1, 0.15) is 5.65 Å². The fraction of sp³-hybridized carbons (Fsp3) is 0.150. The normalized spacial score (nSPS) is 11.1. The van der Waals surface area contributed by atoms with E-state index < -0.39 is 17.3 Å². The summed E-state index contributed by atoms with van der Waals surface area (Å²) in [5, 5.41) is 13.9. The Bertz CT molecular complexity index is 1220. The van der Waals surface area contributed by atoms with Crippen LogP contribution >= 0.6 is 0 Å². The van der Waals surface area contributed by atoms with Crippen LogP contribution in [0, 0.1) is 6.92 Å². The predicted molar refractivity (Wildman–Crippen MR) is 102 cm³/mol. The average Bonchev–Trinajstić information content (AvgIpc) is 3.04. The molecule has 1 aromatic carbocycles. The van der Waals surface area contributed by atoms with E-state index in [9.17, 15) is 14.7 Å². The lowest BCUT2D eigenvalue weighted by Crippen LogP contribution is -2.33. The van der Waals surface area contributed by atoms with Crippen LogP contribution in [-0.4, -0.2) is 31.9 Å². The van der Waals surface area contributed by atoms with Crippen LogP contribution in [0.1, 0.15) is 21.5 Å². The van der Waals surface area contributed by atoms with E-state index in [1.54, 1.807) is 18.3 Å². The number of H-pyrrole nitrogens is 1. The molecule has 4 aromatic rings. The molecular formula is C20H18N4O3. The molecule has 3 N–H and O–H groups in total. The third-order valence-corrected chi connectivity index (χ3v) is 4.55. The molecule has 3 aromatic heterocycles. The summed E-state index contributed by atoms with van der Waals surface area (Å²) in [5.41, 5.74) is 2.35. The van der Waals surface area contributed by atoms with Gasteiger partial charge in [-0.15, -0.1) is 0 Å². The topological polar surface area (TPSA) is 99.5 Å². The summed E-state index contributed by atoms with van der Waals surface area (Å²) < 4.78 is 1.25. The molecule has 1 amide bonds. The number of aromatic amines is 1. The SMILES string of the molecule is Cc1ccn2c(=O)c(C(=O)NCCc3c[nH]c4ccccc34)c(O)nc2c1. The van der Waals surface area contributed by atoms with Crippen LogP contribution in [-0.2, 0) is 6.42 Å². The van der Waals surface area contributed by atoms with Gasteiger partial charge in [-0.05, 0) is 42.7 Å². The summed E-state index contributed by atoms with van der Waals surface area (Å²) in [6.45, 7) is 2.19. The van der Waals surface area contributed by atoms with Crippen LogP contribution in [0.15, 0.2) is 53.6 Å². The highest BCUT2D eigenvalue weighted by Crippen LogP contribution is 2.18. The largest absolute Gasteiger partial charge is 0.493 e. The molecule has 0 aliphatic carbocycles. The molecule has 0 atom stereocenters. The number of pyridine rings is 1. The van der Waals surface area contributed by atoms with Crippen molar-refractivity contribution < 1.29 is 9.90 Å².